The van der Waals surface area contributed by atoms with E-state index in [0.29, 0.717) is 5.56 Å². The fraction of sp³-hybridized carbons (Fsp3) is 0.429. The van der Waals surface area contributed by atoms with Crippen molar-refractivity contribution in [2.45, 2.75) is 36.1 Å². The summed E-state index contributed by atoms with van der Waals surface area (Å²) in [6.07, 6.45) is 4.74. The first-order valence-corrected chi connectivity index (χ1v) is 7.40. The molecular weight excluding hydrogens is 260 g/mol. The van der Waals surface area contributed by atoms with Gasteiger partial charge in [0.05, 0.1) is 17.7 Å². The Bertz CT molecular complexity index is 533. The number of thioether (sulfide) groups is 1. The van der Waals surface area contributed by atoms with Crippen molar-refractivity contribution in [1.29, 1.82) is 5.26 Å². The van der Waals surface area contributed by atoms with Crippen molar-refractivity contribution in [3.8, 4) is 6.07 Å². The van der Waals surface area contributed by atoms with Gasteiger partial charge in [-0.1, -0.05) is 6.07 Å². The molecule has 1 aliphatic carbocycles. The monoisotopic (exact) mass is 276 g/mol. The number of carbonyl (C=O) groups is 1. The maximum absolute atomic E-state index is 11.0. The van der Waals surface area contributed by atoms with Crippen molar-refractivity contribution in [2.24, 2.45) is 0 Å². The van der Waals surface area contributed by atoms with Crippen molar-refractivity contribution in [3.63, 3.8) is 0 Å². The number of carboxylic acids is 1. The lowest BCUT2D eigenvalue weighted by atomic mass is 9.74. The number of carboxylic acid groups (broad SMARTS) is 1. The molecule has 0 saturated heterocycles. The summed E-state index contributed by atoms with van der Waals surface area (Å²) in [5, 5.41) is 21.6. The molecule has 4 nitrogen and oxygen atoms in total. The SMILES string of the molecule is CSc1cccc(NC2(CC(=O)O)CCC2)c1C#N. The van der Waals surface area contributed by atoms with E-state index in [1.54, 1.807) is 0 Å². The summed E-state index contributed by atoms with van der Waals surface area (Å²) < 4.78 is 0. The van der Waals surface area contributed by atoms with Gasteiger partial charge in [0.15, 0.2) is 0 Å². The molecule has 5 heteroatoms. The van der Waals surface area contributed by atoms with Gasteiger partial charge in [-0.2, -0.15) is 5.26 Å². The Morgan fingerprint density at radius 1 is 1.58 bits per heavy atom. The van der Waals surface area contributed by atoms with Crippen molar-refractivity contribution in [3.05, 3.63) is 23.8 Å². The normalized spacial score (nSPS) is 16.2. The van der Waals surface area contributed by atoms with E-state index in [1.807, 2.05) is 24.5 Å². The maximum Gasteiger partial charge on any atom is 0.305 e. The number of nitriles is 1. The minimum atomic E-state index is -0.799. The quantitative estimate of drug-likeness (QED) is 0.808. The van der Waals surface area contributed by atoms with E-state index in [9.17, 15) is 10.1 Å². The second-order valence-corrected chi connectivity index (χ2v) is 5.67. The second-order valence-electron chi connectivity index (χ2n) is 4.82. The van der Waals surface area contributed by atoms with E-state index in [0.717, 1.165) is 29.8 Å². The van der Waals surface area contributed by atoms with Crippen LogP contribution in [0.3, 0.4) is 0 Å². The summed E-state index contributed by atoms with van der Waals surface area (Å²) in [6, 6.07) is 7.85. The average Bonchev–Trinajstić information content (AvgIpc) is 2.35. The highest BCUT2D eigenvalue weighted by Crippen LogP contribution is 2.39. The third-order valence-corrected chi connectivity index (χ3v) is 4.34. The number of benzene rings is 1. The van der Waals surface area contributed by atoms with Crippen LogP contribution in [0.5, 0.6) is 0 Å². The Hall–Kier alpha value is -1.67. The van der Waals surface area contributed by atoms with Crippen LogP contribution in [0.4, 0.5) is 5.69 Å². The molecule has 1 aromatic carbocycles. The minimum absolute atomic E-state index is 0.0986. The third-order valence-electron chi connectivity index (χ3n) is 3.56. The van der Waals surface area contributed by atoms with E-state index in [4.69, 9.17) is 5.11 Å². The standard InChI is InChI=1S/C14H16N2O2S/c1-19-12-5-2-4-11(10(12)9-15)16-14(6-3-7-14)8-13(17)18/h2,4-5,16H,3,6-8H2,1H3,(H,17,18). The summed E-state index contributed by atoms with van der Waals surface area (Å²) in [6.45, 7) is 0. The van der Waals surface area contributed by atoms with Crippen molar-refractivity contribution >= 4 is 23.4 Å². The molecule has 0 spiro atoms. The number of hydrogen-bond donors (Lipinski definition) is 2. The molecular formula is C14H16N2O2S. The van der Waals surface area contributed by atoms with Crippen LogP contribution < -0.4 is 5.32 Å². The molecule has 19 heavy (non-hydrogen) atoms. The number of nitrogens with one attached hydrogen (secondary N) is 1. The Labute approximate surface area is 116 Å². The molecule has 1 fully saturated rings. The largest absolute Gasteiger partial charge is 0.481 e. The van der Waals surface area contributed by atoms with Gasteiger partial charge in [-0.05, 0) is 37.7 Å². The number of anilines is 1. The lowest BCUT2D eigenvalue weighted by Gasteiger charge is -2.42. The molecule has 100 valence electrons. The number of rotatable bonds is 5. The molecule has 1 aromatic rings. The summed E-state index contributed by atoms with van der Waals surface area (Å²) >= 11 is 1.52. The van der Waals surface area contributed by atoms with Crippen LogP contribution >= 0.6 is 11.8 Å². The van der Waals surface area contributed by atoms with Gasteiger partial charge < -0.3 is 10.4 Å². The summed E-state index contributed by atoms with van der Waals surface area (Å²) in [5.74, 6) is -0.799. The van der Waals surface area contributed by atoms with Gasteiger partial charge in [-0.3, -0.25) is 4.79 Å². The highest BCUT2D eigenvalue weighted by molar-refractivity contribution is 7.98. The fourth-order valence-electron chi connectivity index (χ4n) is 2.45. The van der Waals surface area contributed by atoms with Gasteiger partial charge in [0, 0.05) is 10.4 Å². The lowest BCUT2D eigenvalue weighted by molar-refractivity contribution is -0.138. The molecule has 0 unspecified atom stereocenters. The lowest BCUT2D eigenvalue weighted by Crippen LogP contribution is -2.46. The van der Waals surface area contributed by atoms with Crippen molar-refractivity contribution in [2.75, 3.05) is 11.6 Å². The Morgan fingerprint density at radius 2 is 2.32 bits per heavy atom. The molecule has 0 amide bonds. The predicted octanol–water partition coefficient (Wildman–Crippen LogP) is 3.09. The molecule has 1 saturated carbocycles. The van der Waals surface area contributed by atoms with Gasteiger partial charge in [-0.25, -0.2) is 0 Å². The zero-order valence-corrected chi connectivity index (χ0v) is 11.6. The Kier molecular flexibility index (Phi) is 4.01. The molecule has 2 N–H and O–H groups in total. The van der Waals surface area contributed by atoms with Gasteiger partial charge in [0.2, 0.25) is 0 Å². The highest BCUT2D eigenvalue weighted by atomic mass is 32.2. The molecule has 1 aliphatic rings. The van der Waals surface area contributed by atoms with E-state index >= 15 is 0 Å². The summed E-state index contributed by atoms with van der Waals surface area (Å²) in [4.78, 5) is 11.9. The summed E-state index contributed by atoms with van der Waals surface area (Å²) in [7, 11) is 0. The highest BCUT2D eigenvalue weighted by Gasteiger charge is 2.39. The number of hydrogen-bond acceptors (Lipinski definition) is 4. The maximum atomic E-state index is 11.0. The van der Waals surface area contributed by atoms with Crippen LogP contribution in [-0.4, -0.2) is 22.9 Å². The van der Waals surface area contributed by atoms with Crippen LogP contribution in [0.25, 0.3) is 0 Å². The summed E-state index contributed by atoms with van der Waals surface area (Å²) in [5.41, 5.74) is 0.969. The van der Waals surface area contributed by atoms with Crippen LogP contribution in [0.1, 0.15) is 31.2 Å². The van der Waals surface area contributed by atoms with Gasteiger partial charge in [0.25, 0.3) is 0 Å². The van der Waals surface area contributed by atoms with Crippen molar-refractivity contribution < 1.29 is 9.90 Å². The van der Waals surface area contributed by atoms with Gasteiger partial charge in [-0.15, -0.1) is 11.8 Å². The zero-order valence-electron chi connectivity index (χ0n) is 10.8. The Balaban J connectivity index is 2.28. The molecule has 0 heterocycles. The molecule has 0 atom stereocenters. The molecule has 0 aromatic heterocycles. The topological polar surface area (TPSA) is 73.1 Å². The van der Waals surface area contributed by atoms with E-state index in [1.165, 1.54) is 11.8 Å². The molecule has 0 bridgehead atoms. The average molecular weight is 276 g/mol. The van der Waals surface area contributed by atoms with E-state index < -0.39 is 5.97 Å². The second kappa shape index (κ2) is 5.54. The molecule has 0 radical (unpaired) electrons. The van der Waals surface area contributed by atoms with E-state index in [2.05, 4.69) is 11.4 Å². The smallest absolute Gasteiger partial charge is 0.305 e. The number of aliphatic carboxylic acids is 1. The first-order valence-electron chi connectivity index (χ1n) is 6.17. The predicted molar refractivity (Wildman–Crippen MR) is 75.4 cm³/mol. The fourth-order valence-corrected chi connectivity index (χ4v) is 3.02. The van der Waals surface area contributed by atoms with Gasteiger partial charge >= 0.3 is 5.97 Å². The third kappa shape index (κ3) is 2.85. The van der Waals surface area contributed by atoms with Gasteiger partial charge in [0.1, 0.15) is 6.07 Å². The molecule has 2 rings (SSSR count). The van der Waals surface area contributed by atoms with Crippen LogP contribution in [0, 0.1) is 11.3 Å². The minimum Gasteiger partial charge on any atom is -0.481 e. The van der Waals surface area contributed by atoms with Crippen LogP contribution in [0.2, 0.25) is 0 Å². The Morgan fingerprint density at radius 3 is 2.79 bits per heavy atom. The van der Waals surface area contributed by atoms with E-state index in [-0.39, 0.29) is 12.0 Å². The zero-order chi connectivity index (χ0) is 13.9. The van der Waals surface area contributed by atoms with Crippen LogP contribution in [0.15, 0.2) is 23.1 Å². The first kappa shape index (κ1) is 13.8. The first-order chi connectivity index (χ1) is 9.10. The number of nitrogens with zero attached hydrogens (tertiary/aromatic N) is 1. The molecule has 0 aliphatic heterocycles. The van der Waals surface area contributed by atoms with Crippen molar-refractivity contribution in [1.82, 2.24) is 0 Å². The van der Waals surface area contributed by atoms with Crippen LogP contribution in [-0.2, 0) is 4.79 Å².